The molecule has 0 heterocycles. The highest BCUT2D eigenvalue weighted by Crippen LogP contribution is 2.12. The van der Waals surface area contributed by atoms with E-state index in [1.165, 1.54) is 0 Å². The molecule has 0 bridgehead atoms. The van der Waals surface area contributed by atoms with Crippen LogP contribution in [0.4, 0.5) is 0 Å². The number of aryl methyl sites for hydroxylation is 1. The molecule has 0 aliphatic rings. The Hall–Kier alpha value is -1.44. The molecule has 0 saturated heterocycles. The summed E-state index contributed by atoms with van der Waals surface area (Å²) in [4.78, 5) is 11.2. The van der Waals surface area contributed by atoms with Gasteiger partial charge in [0.05, 0.1) is 4.90 Å². The highest BCUT2D eigenvalue weighted by Gasteiger charge is 2.13. The van der Waals surface area contributed by atoms with E-state index in [1.807, 2.05) is 13.8 Å². The summed E-state index contributed by atoms with van der Waals surface area (Å²) in [5, 5.41) is 0. The number of sulfonamides is 1. The standard InChI is InChI=1S/C13H21N3O3S/c1-10(2)9-15-20(18,19)12-6-3-11(4-7-12)5-8-13(17)16-14/h3-4,6-7,10,15H,5,8-9,14H2,1-2H3,(H,16,17). The SMILES string of the molecule is CC(C)CNS(=O)(=O)c1ccc(CCC(=O)NN)cc1. The molecule has 0 radical (unpaired) electrons. The van der Waals surface area contributed by atoms with Crippen molar-refractivity contribution in [2.75, 3.05) is 6.54 Å². The zero-order chi connectivity index (χ0) is 15.2. The van der Waals surface area contributed by atoms with Gasteiger partial charge in [-0.3, -0.25) is 10.2 Å². The highest BCUT2D eigenvalue weighted by molar-refractivity contribution is 7.89. The number of rotatable bonds is 7. The van der Waals surface area contributed by atoms with Gasteiger partial charge in [0.25, 0.3) is 0 Å². The molecule has 1 amide bonds. The Labute approximate surface area is 119 Å². The lowest BCUT2D eigenvalue weighted by Gasteiger charge is -2.09. The minimum Gasteiger partial charge on any atom is -0.294 e. The number of hydrazine groups is 1. The highest BCUT2D eigenvalue weighted by atomic mass is 32.2. The second kappa shape index (κ2) is 7.37. The van der Waals surface area contributed by atoms with Gasteiger partial charge < -0.3 is 0 Å². The quantitative estimate of drug-likeness (QED) is 0.388. The van der Waals surface area contributed by atoms with Crippen LogP contribution in [-0.2, 0) is 21.2 Å². The average Bonchev–Trinajstić information content (AvgIpc) is 2.43. The zero-order valence-electron chi connectivity index (χ0n) is 11.7. The van der Waals surface area contributed by atoms with Crippen molar-refractivity contribution in [2.24, 2.45) is 11.8 Å². The van der Waals surface area contributed by atoms with E-state index in [0.29, 0.717) is 13.0 Å². The normalized spacial score (nSPS) is 11.6. The first-order valence-electron chi connectivity index (χ1n) is 6.43. The number of hydrogen-bond acceptors (Lipinski definition) is 4. The summed E-state index contributed by atoms with van der Waals surface area (Å²) in [6, 6.07) is 6.48. The number of nitrogens with one attached hydrogen (secondary N) is 2. The second-order valence-corrected chi connectivity index (χ2v) is 6.72. The minimum absolute atomic E-state index is 0.227. The van der Waals surface area contributed by atoms with E-state index in [1.54, 1.807) is 24.3 Å². The summed E-state index contributed by atoms with van der Waals surface area (Å²) in [5.41, 5.74) is 2.94. The maximum Gasteiger partial charge on any atom is 0.240 e. The van der Waals surface area contributed by atoms with Crippen molar-refractivity contribution in [1.29, 1.82) is 0 Å². The molecule has 1 rings (SSSR count). The topological polar surface area (TPSA) is 101 Å². The van der Waals surface area contributed by atoms with Crippen molar-refractivity contribution in [3.05, 3.63) is 29.8 Å². The predicted octanol–water partition coefficient (Wildman–Crippen LogP) is 0.543. The lowest BCUT2D eigenvalue weighted by atomic mass is 10.1. The van der Waals surface area contributed by atoms with Crippen LogP contribution in [0.1, 0.15) is 25.8 Å². The van der Waals surface area contributed by atoms with Crippen LogP contribution < -0.4 is 16.0 Å². The molecule has 0 aliphatic carbocycles. The summed E-state index contributed by atoms with van der Waals surface area (Å²) in [6.45, 7) is 4.28. The van der Waals surface area contributed by atoms with Crippen LogP contribution in [-0.4, -0.2) is 20.9 Å². The molecule has 7 heteroatoms. The summed E-state index contributed by atoms with van der Waals surface area (Å²) in [7, 11) is -3.46. The van der Waals surface area contributed by atoms with E-state index in [-0.39, 0.29) is 23.1 Å². The third-order valence-electron chi connectivity index (χ3n) is 2.72. The number of carbonyl (C=O) groups excluding carboxylic acids is 1. The van der Waals surface area contributed by atoms with Crippen molar-refractivity contribution in [3.63, 3.8) is 0 Å². The van der Waals surface area contributed by atoms with Gasteiger partial charge in [-0.25, -0.2) is 19.0 Å². The minimum atomic E-state index is -3.46. The van der Waals surface area contributed by atoms with E-state index >= 15 is 0 Å². The molecular weight excluding hydrogens is 278 g/mol. The van der Waals surface area contributed by atoms with Gasteiger partial charge >= 0.3 is 0 Å². The fraction of sp³-hybridized carbons (Fsp3) is 0.462. The lowest BCUT2D eigenvalue weighted by Crippen LogP contribution is -2.30. The number of benzene rings is 1. The van der Waals surface area contributed by atoms with E-state index in [0.717, 1.165) is 5.56 Å². The van der Waals surface area contributed by atoms with Crippen molar-refractivity contribution in [1.82, 2.24) is 10.1 Å². The molecule has 112 valence electrons. The van der Waals surface area contributed by atoms with E-state index in [9.17, 15) is 13.2 Å². The molecule has 4 N–H and O–H groups in total. The first kappa shape index (κ1) is 16.6. The third-order valence-corrected chi connectivity index (χ3v) is 4.16. The molecule has 1 aromatic rings. The van der Waals surface area contributed by atoms with Gasteiger partial charge in [0.1, 0.15) is 0 Å². The first-order chi connectivity index (χ1) is 9.35. The van der Waals surface area contributed by atoms with Crippen LogP contribution in [0.25, 0.3) is 0 Å². The lowest BCUT2D eigenvalue weighted by molar-refractivity contribution is -0.121. The van der Waals surface area contributed by atoms with E-state index in [2.05, 4.69) is 10.1 Å². The van der Waals surface area contributed by atoms with Crippen molar-refractivity contribution >= 4 is 15.9 Å². The largest absolute Gasteiger partial charge is 0.294 e. The van der Waals surface area contributed by atoms with E-state index < -0.39 is 10.0 Å². The molecular formula is C13H21N3O3S. The molecule has 0 atom stereocenters. The Kier molecular flexibility index (Phi) is 6.12. The van der Waals surface area contributed by atoms with Gasteiger partial charge in [0, 0.05) is 13.0 Å². The monoisotopic (exact) mass is 299 g/mol. The maximum absolute atomic E-state index is 12.0. The van der Waals surface area contributed by atoms with Crippen molar-refractivity contribution in [3.8, 4) is 0 Å². The van der Waals surface area contributed by atoms with Gasteiger partial charge in [-0.15, -0.1) is 0 Å². The fourth-order valence-electron chi connectivity index (χ4n) is 1.53. The number of nitrogens with two attached hydrogens (primary N) is 1. The van der Waals surface area contributed by atoms with Crippen LogP contribution in [0.3, 0.4) is 0 Å². The smallest absolute Gasteiger partial charge is 0.240 e. The number of hydrogen-bond donors (Lipinski definition) is 3. The third kappa shape index (κ3) is 5.28. The molecule has 0 spiro atoms. The number of carbonyl (C=O) groups is 1. The number of amides is 1. The maximum atomic E-state index is 12.0. The van der Waals surface area contributed by atoms with Crippen LogP contribution in [0.2, 0.25) is 0 Å². The molecule has 20 heavy (non-hydrogen) atoms. The second-order valence-electron chi connectivity index (χ2n) is 4.96. The Morgan fingerprint density at radius 2 is 1.85 bits per heavy atom. The molecule has 1 aromatic carbocycles. The molecule has 0 fully saturated rings. The molecule has 0 saturated carbocycles. The van der Waals surface area contributed by atoms with Gasteiger partial charge in [-0.2, -0.15) is 0 Å². The Morgan fingerprint density at radius 3 is 2.35 bits per heavy atom. The zero-order valence-corrected chi connectivity index (χ0v) is 12.5. The Morgan fingerprint density at radius 1 is 1.25 bits per heavy atom. The van der Waals surface area contributed by atoms with Crippen LogP contribution in [0, 0.1) is 5.92 Å². The van der Waals surface area contributed by atoms with Gasteiger partial charge in [-0.05, 0) is 30.0 Å². The van der Waals surface area contributed by atoms with Crippen LogP contribution in [0.15, 0.2) is 29.2 Å². The van der Waals surface area contributed by atoms with E-state index in [4.69, 9.17) is 5.84 Å². The Bertz CT molecular complexity index is 538. The van der Waals surface area contributed by atoms with Crippen LogP contribution >= 0.6 is 0 Å². The fourth-order valence-corrected chi connectivity index (χ4v) is 2.74. The summed E-state index contributed by atoms with van der Waals surface area (Å²) >= 11 is 0. The van der Waals surface area contributed by atoms with Crippen LogP contribution in [0.5, 0.6) is 0 Å². The summed E-state index contributed by atoms with van der Waals surface area (Å²) in [5.74, 6) is 4.99. The first-order valence-corrected chi connectivity index (χ1v) is 7.91. The Balaban J connectivity index is 2.68. The van der Waals surface area contributed by atoms with Crippen molar-refractivity contribution in [2.45, 2.75) is 31.6 Å². The van der Waals surface area contributed by atoms with Gasteiger partial charge in [0.2, 0.25) is 15.9 Å². The molecule has 6 nitrogen and oxygen atoms in total. The molecule has 0 aliphatic heterocycles. The summed E-state index contributed by atoms with van der Waals surface area (Å²) in [6.07, 6.45) is 0.789. The van der Waals surface area contributed by atoms with Gasteiger partial charge in [-0.1, -0.05) is 26.0 Å². The van der Waals surface area contributed by atoms with Crippen molar-refractivity contribution < 1.29 is 13.2 Å². The van der Waals surface area contributed by atoms with Gasteiger partial charge in [0.15, 0.2) is 0 Å². The predicted molar refractivity (Wildman–Crippen MR) is 77.1 cm³/mol. The molecule has 0 unspecified atom stereocenters. The summed E-state index contributed by atoms with van der Waals surface area (Å²) < 4.78 is 26.5. The molecule has 0 aromatic heterocycles. The average molecular weight is 299 g/mol.